The van der Waals surface area contributed by atoms with Gasteiger partial charge in [0.1, 0.15) is 0 Å². The molecular weight excluding hydrogens is 228 g/mol. The van der Waals surface area contributed by atoms with Crippen molar-refractivity contribution >= 4 is 15.7 Å². The number of nitrogens with one attached hydrogen (secondary N) is 2. The number of hydrogen-bond donors (Lipinski definition) is 2. The summed E-state index contributed by atoms with van der Waals surface area (Å²) < 4.78 is 22.8. The molecule has 0 radical (unpaired) electrons. The van der Waals surface area contributed by atoms with Gasteiger partial charge in [-0.2, -0.15) is 0 Å². The molecule has 2 saturated heterocycles. The van der Waals surface area contributed by atoms with Gasteiger partial charge in [-0.1, -0.05) is 0 Å². The van der Waals surface area contributed by atoms with Crippen molar-refractivity contribution in [3.63, 3.8) is 0 Å². The maximum absolute atomic E-state index is 11.8. The lowest BCUT2D eigenvalue weighted by atomic mass is 10.0. The quantitative estimate of drug-likeness (QED) is 0.684. The number of carbonyl (C=O) groups is 1. The Morgan fingerprint density at radius 2 is 2.25 bits per heavy atom. The monoisotopic (exact) mass is 246 g/mol. The van der Waals surface area contributed by atoms with E-state index in [0.717, 1.165) is 19.4 Å². The Morgan fingerprint density at radius 3 is 2.75 bits per heavy atom. The molecule has 2 N–H and O–H groups in total. The van der Waals surface area contributed by atoms with Gasteiger partial charge in [-0.25, -0.2) is 8.42 Å². The fourth-order valence-electron chi connectivity index (χ4n) is 2.40. The molecule has 0 aliphatic carbocycles. The highest BCUT2D eigenvalue weighted by Crippen LogP contribution is 2.23. The molecule has 0 aromatic rings. The molecule has 0 saturated carbocycles. The summed E-state index contributed by atoms with van der Waals surface area (Å²) in [6.07, 6.45) is 2.37. The van der Waals surface area contributed by atoms with Gasteiger partial charge in [-0.15, -0.1) is 0 Å². The second kappa shape index (κ2) is 4.00. The summed E-state index contributed by atoms with van der Waals surface area (Å²) in [5.41, 5.74) is -0.569. The Hall–Kier alpha value is -0.620. The first-order chi connectivity index (χ1) is 7.40. The largest absolute Gasteiger partial charge is 0.349 e. The van der Waals surface area contributed by atoms with E-state index in [1.54, 1.807) is 0 Å². The van der Waals surface area contributed by atoms with Gasteiger partial charge in [0, 0.05) is 0 Å². The standard InChI is InChI=1S/C10H18N2O3S/c1-10(4-6-16(14,15)7-10)12-9(13)8-3-2-5-11-8/h8,11H,2-7H2,1H3,(H,12,13)/t8-,10?/m0/s1. The predicted octanol–water partition coefficient (Wildman–Crippen LogP) is -0.568. The molecule has 2 heterocycles. The van der Waals surface area contributed by atoms with Crippen LogP contribution in [0.25, 0.3) is 0 Å². The lowest BCUT2D eigenvalue weighted by Crippen LogP contribution is -2.52. The predicted molar refractivity (Wildman–Crippen MR) is 60.8 cm³/mol. The zero-order valence-electron chi connectivity index (χ0n) is 9.45. The summed E-state index contributed by atoms with van der Waals surface area (Å²) in [4.78, 5) is 11.8. The smallest absolute Gasteiger partial charge is 0.237 e. The number of rotatable bonds is 2. The van der Waals surface area contributed by atoms with Crippen LogP contribution in [0.4, 0.5) is 0 Å². The molecule has 5 nitrogen and oxygen atoms in total. The van der Waals surface area contributed by atoms with E-state index in [2.05, 4.69) is 10.6 Å². The minimum atomic E-state index is -2.96. The molecular formula is C10H18N2O3S. The molecule has 2 fully saturated rings. The number of carbonyl (C=O) groups excluding carboxylic acids is 1. The van der Waals surface area contributed by atoms with Crippen molar-refractivity contribution in [3.05, 3.63) is 0 Å². The highest BCUT2D eigenvalue weighted by atomic mass is 32.2. The molecule has 2 atom stereocenters. The summed E-state index contributed by atoms with van der Waals surface area (Å²) in [7, 11) is -2.96. The molecule has 2 aliphatic rings. The Bertz CT molecular complexity index is 387. The van der Waals surface area contributed by atoms with Crippen molar-refractivity contribution < 1.29 is 13.2 Å². The minimum absolute atomic E-state index is 0.0582. The number of sulfone groups is 1. The Balaban J connectivity index is 1.96. The second-order valence-electron chi connectivity index (χ2n) is 5.04. The normalized spacial score (nSPS) is 37.4. The van der Waals surface area contributed by atoms with E-state index in [1.807, 2.05) is 6.92 Å². The van der Waals surface area contributed by atoms with Crippen LogP contribution in [0.1, 0.15) is 26.2 Å². The van der Waals surface area contributed by atoms with Crippen LogP contribution in [0.15, 0.2) is 0 Å². The fourth-order valence-corrected chi connectivity index (χ4v) is 4.50. The van der Waals surface area contributed by atoms with Crippen molar-refractivity contribution in [2.24, 2.45) is 0 Å². The van der Waals surface area contributed by atoms with Gasteiger partial charge in [-0.3, -0.25) is 4.79 Å². The Kier molecular flexibility index (Phi) is 2.96. The van der Waals surface area contributed by atoms with Gasteiger partial charge in [0.15, 0.2) is 9.84 Å². The van der Waals surface area contributed by atoms with E-state index < -0.39 is 15.4 Å². The molecule has 1 amide bonds. The van der Waals surface area contributed by atoms with Gasteiger partial charge < -0.3 is 10.6 Å². The van der Waals surface area contributed by atoms with Gasteiger partial charge in [0.25, 0.3) is 0 Å². The van der Waals surface area contributed by atoms with Gasteiger partial charge in [0.2, 0.25) is 5.91 Å². The summed E-state index contributed by atoms with van der Waals surface area (Å²) in [5, 5.41) is 5.98. The SMILES string of the molecule is CC1(NC(=O)[C@@H]2CCCN2)CCS(=O)(=O)C1. The Morgan fingerprint density at radius 1 is 1.50 bits per heavy atom. The molecule has 6 heteroatoms. The van der Waals surface area contributed by atoms with E-state index in [4.69, 9.17) is 0 Å². The lowest BCUT2D eigenvalue weighted by Gasteiger charge is -2.25. The topological polar surface area (TPSA) is 75.3 Å². The summed E-state index contributed by atoms with van der Waals surface area (Å²) in [5.74, 6) is 0.192. The molecule has 16 heavy (non-hydrogen) atoms. The zero-order valence-corrected chi connectivity index (χ0v) is 10.3. The molecule has 0 bridgehead atoms. The van der Waals surface area contributed by atoms with Crippen molar-refractivity contribution in [1.82, 2.24) is 10.6 Å². The summed E-state index contributed by atoms with van der Waals surface area (Å²) in [6, 6.07) is -0.139. The van der Waals surface area contributed by atoms with Crippen LogP contribution in [0.5, 0.6) is 0 Å². The summed E-state index contributed by atoms with van der Waals surface area (Å²) in [6.45, 7) is 2.68. The van der Waals surface area contributed by atoms with Crippen molar-refractivity contribution in [1.29, 1.82) is 0 Å². The van der Waals surface area contributed by atoms with Crippen LogP contribution in [0, 0.1) is 0 Å². The molecule has 1 unspecified atom stereocenters. The minimum Gasteiger partial charge on any atom is -0.349 e. The zero-order chi connectivity index (χ0) is 11.8. The van der Waals surface area contributed by atoms with Gasteiger partial charge in [0.05, 0.1) is 23.1 Å². The molecule has 2 rings (SSSR count). The van der Waals surface area contributed by atoms with E-state index >= 15 is 0 Å². The van der Waals surface area contributed by atoms with E-state index in [1.165, 1.54) is 0 Å². The molecule has 0 spiro atoms. The van der Waals surface area contributed by atoms with Crippen molar-refractivity contribution in [2.75, 3.05) is 18.1 Å². The molecule has 2 aliphatic heterocycles. The highest BCUT2D eigenvalue weighted by Gasteiger charge is 2.40. The van der Waals surface area contributed by atoms with E-state index in [9.17, 15) is 13.2 Å². The third kappa shape index (κ3) is 2.55. The van der Waals surface area contributed by atoms with E-state index in [0.29, 0.717) is 6.42 Å². The number of amides is 1. The third-order valence-corrected chi connectivity index (χ3v) is 5.21. The first-order valence-corrected chi connectivity index (χ1v) is 7.48. The average molecular weight is 246 g/mol. The van der Waals surface area contributed by atoms with Gasteiger partial charge >= 0.3 is 0 Å². The van der Waals surface area contributed by atoms with Crippen LogP contribution in [-0.4, -0.2) is 44.0 Å². The second-order valence-corrected chi connectivity index (χ2v) is 7.22. The van der Waals surface area contributed by atoms with Crippen LogP contribution in [0.3, 0.4) is 0 Å². The maximum atomic E-state index is 11.8. The van der Waals surface area contributed by atoms with Crippen LogP contribution in [0.2, 0.25) is 0 Å². The Labute approximate surface area is 95.9 Å². The summed E-state index contributed by atoms with van der Waals surface area (Å²) >= 11 is 0. The van der Waals surface area contributed by atoms with Crippen molar-refractivity contribution in [2.45, 2.75) is 37.8 Å². The highest BCUT2D eigenvalue weighted by molar-refractivity contribution is 7.91. The molecule has 0 aromatic carbocycles. The molecule has 0 aromatic heterocycles. The maximum Gasteiger partial charge on any atom is 0.237 e. The molecule has 92 valence electrons. The lowest BCUT2D eigenvalue weighted by molar-refractivity contribution is -0.124. The first kappa shape index (κ1) is 11.9. The first-order valence-electron chi connectivity index (χ1n) is 5.66. The fraction of sp³-hybridized carbons (Fsp3) is 0.900. The van der Waals surface area contributed by atoms with Crippen molar-refractivity contribution in [3.8, 4) is 0 Å². The average Bonchev–Trinajstić information content (AvgIpc) is 2.73. The number of hydrogen-bond acceptors (Lipinski definition) is 4. The van der Waals surface area contributed by atoms with E-state index in [-0.39, 0.29) is 23.5 Å². The third-order valence-electron chi connectivity index (χ3n) is 3.31. The van der Waals surface area contributed by atoms with Gasteiger partial charge in [-0.05, 0) is 32.7 Å². The van der Waals surface area contributed by atoms with Crippen LogP contribution < -0.4 is 10.6 Å². The van der Waals surface area contributed by atoms with Crippen LogP contribution >= 0.6 is 0 Å². The van der Waals surface area contributed by atoms with Crippen LogP contribution in [-0.2, 0) is 14.6 Å².